The van der Waals surface area contributed by atoms with Gasteiger partial charge in [-0.25, -0.2) is 4.79 Å². The van der Waals surface area contributed by atoms with Crippen molar-refractivity contribution < 1.29 is 9.90 Å². The fourth-order valence-electron chi connectivity index (χ4n) is 3.05. The second kappa shape index (κ2) is 7.61. The number of benzene rings is 1. The van der Waals surface area contributed by atoms with Crippen molar-refractivity contribution in [3.63, 3.8) is 0 Å². The summed E-state index contributed by atoms with van der Waals surface area (Å²) in [5, 5.41) is 9.10. The summed E-state index contributed by atoms with van der Waals surface area (Å²) < 4.78 is 1.27. The van der Waals surface area contributed by atoms with E-state index in [1.165, 1.54) is 4.57 Å². The molecule has 0 aliphatic rings. The Morgan fingerprint density at radius 1 is 1.16 bits per heavy atom. The van der Waals surface area contributed by atoms with Crippen molar-refractivity contribution >= 4 is 5.78 Å². The Hall–Kier alpha value is -2.47. The van der Waals surface area contributed by atoms with Crippen LogP contribution in [0.25, 0.3) is 0 Å². The standard InChI is InChI=1S/C19H24N2O4/c1-11(2)15-16(17(23)14-9-12(3)8-13(4)10-14)21(6-5-7-22)19(25)20-18(15)24/h8-11,22H,5-7H2,1-4H3,(H,20,24,25). The number of carbonyl (C=O) groups is 1. The number of H-pyrrole nitrogens is 1. The monoisotopic (exact) mass is 344 g/mol. The molecule has 0 radical (unpaired) electrons. The molecule has 1 heterocycles. The zero-order chi connectivity index (χ0) is 18.7. The topological polar surface area (TPSA) is 92.2 Å². The highest BCUT2D eigenvalue weighted by atomic mass is 16.3. The summed E-state index contributed by atoms with van der Waals surface area (Å²) in [5.74, 6) is -0.578. The number of hydrogen-bond donors (Lipinski definition) is 2. The van der Waals surface area contributed by atoms with Gasteiger partial charge < -0.3 is 5.11 Å². The van der Waals surface area contributed by atoms with Crippen LogP contribution >= 0.6 is 0 Å². The Kier molecular flexibility index (Phi) is 5.74. The number of nitrogens with zero attached hydrogens (tertiary/aromatic N) is 1. The maximum Gasteiger partial charge on any atom is 0.328 e. The summed E-state index contributed by atoms with van der Waals surface area (Å²) in [5.41, 5.74) is 1.56. The number of carbonyl (C=O) groups excluding carboxylic acids is 1. The molecule has 0 atom stereocenters. The molecule has 0 fully saturated rings. The molecule has 0 aliphatic heterocycles. The number of hydrogen-bond acceptors (Lipinski definition) is 4. The minimum atomic E-state index is -0.629. The molecule has 2 aromatic rings. The van der Waals surface area contributed by atoms with Gasteiger partial charge in [0.1, 0.15) is 5.69 Å². The van der Waals surface area contributed by atoms with Crippen molar-refractivity contribution in [1.29, 1.82) is 0 Å². The van der Waals surface area contributed by atoms with Crippen molar-refractivity contribution in [3.05, 3.63) is 67.0 Å². The zero-order valence-electron chi connectivity index (χ0n) is 15.0. The van der Waals surface area contributed by atoms with E-state index in [-0.39, 0.29) is 30.5 Å². The Morgan fingerprint density at radius 3 is 2.28 bits per heavy atom. The van der Waals surface area contributed by atoms with Gasteiger partial charge in [0.15, 0.2) is 0 Å². The molecule has 1 aromatic heterocycles. The molecule has 0 bridgehead atoms. The van der Waals surface area contributed by atoms with E-state index in [1.807, 2.05) is 33.8 Å². The first kappa shape index (κ1) is 18.9. The quantitative estimate of drug-likeness (QED) is 0.783. The zero-order valence-corrected chi connectivity index (χ0v) is 15.0. The van der Waals surface area contributed by atoms with Gasteiger partial charge >= 0.3 is 5.69 Å². The third-order valence-electron chi connectivity index (χ3n) is 4.05. The van der Waals surface area contributed by atoms with Crippen LogP contribution in [0.4, 0.5) is 0 Å². The molecule has 25 heavy (non-hydrogen) atoms. The Bertz CT molecular complexity index is 886. The third-order valence-corrected chi connectivity index (χ3v) is 4.05. The van der Waals surface area contributed by atoms with E-state index >= 15 is 0 Å². The molecule has 1 aromatic carbocycles. The van der Waals surface area contributed by atoms with E-state index in [9.17, 15) is 14.4 Å². The molecule has 0 spiro atoms. The van der Waals surface area contributed by atoms with Crippen LogP contribution in [-0.2, 0) is 6.54 Å². The average molecular weight is 344 g/mol. The molecule has 134 valence electrons. The number of aliphatic hydroxyl groups excluding tert-OH is 1. The van der Waals surface area contributed by atoms with Crippen molar-refractivity contribution in [2.24, 2.45) is 0 Å². The second-order valence-electron chi connectivity index (χ2n) is 6.61. The van der Waals surface area contributed by atoms with E-state index in [2.05, 4.69) is 4.98 Å². The third kappa shape index (κ3) is 3.96. The van der Waals surface area contributed by atoms with Gasteiger partial charge in [0.25, 0.3) is 5.56 Å². The predicted octanol–water partition coefficient (Wildman–Crippen LogP) is 1.89. The van der Waals surface area contributed by atoms with Crippen LogP contribution in [0.5, 0.6) is 0 Å². The summed E-state index contributed by atoms with van der Waals surface area (Å²) in [6.07, 6.45) is 0.316. The smallest absolute Gasteiger partial charge is 0.328 e. The molecule has 0 aliphatic carbocycles. The van der Waals surface area contributed by atoms with Gasteiger partial charge in [-0.15, -0.1) is 0 Å². The number of aromatic amines is 1. The number of rotatable bonds is 6. The van der Waals surface area contributed by atoms with Crippen molar-refractivity contribution in [2.45, 2.75) is 46.6 Å². The largest absolute Gasteiger partial charge is 0.396 e. The van der Waals surface area contributed by atoms with E-state index in [1.54, 1.807) is 12.1 Å². The van der Waals surface area contributed by atoms with Crippen LogP contribution in [0.15, 0.2) is 27.8 Å². The van der Waals surface area contributed by atoms with E-state index in [0.717, 1.165) is 11.1 Å². The van der Waals surface area contributed by atoms with E-state index < -0.39 is 11.2 Å². The minimum absolute atomic E-state index is 0.111. The van der Waals surface area contributed by atoms with Crippen molar-refractivity contribution in [2.75, 3.05) is 6.61 Å². The van der Waals surface area contributed by atoms with Crippen LogP contribution in [0.2, 0.25) is 0 Å². The molecule has 2 N–H and O–H groups in total. The summed E-state index contributed by atoms with van der Waals surface area (Å²) in [6, 6.07) is 5.46. The molecule has 0 amide bonds. The summed E-state index contributed by atoms with van der Waals surface area (Å²) in [4.78, 5) is 40.1. The maximum atomic E-state index is 13.2. The summed E-state index contributed by atoms with van der Waals surface area (Å²) in [6.45, 7) is 7.46. The maximum absolute atomic E-state index is 13.2. The Labute approximate surface area is 146 Å². The lowest BCUT2D eigenvalue weighted by atomic mass is 9.95. The number of aliphatic hydroxyl groups is 1. The molecule has 6 nitrogen and oxygen atoms in total. The minimum Gasteiger partial charge on any atom is -0.396 e. The lowest BCUT2D eigenvalue weighted by Gasteiger charge is -2.17. The van der Waals surface area contributed by atoms with Crippen molar-refractivity contribution in [1.82, 2.24) is 9.55 Å². The van der Waals surface area contributed by atoms with Gasteiger partial charge in [-0.05, 0) is 38.3 Å². The molecular weight excluding hydrogens is 320 g/mol. The van der Waals surface area contributed by atoms with Gasteiger partial charge in [0.05, 0.1) is 0 Å². The Balaban J connectivity index is 2.77. The number of aryl methyl sites for hydroxylation is 2. The van der Waals surface area contributed by atoms with Gasteiger partial charge in [-0.2, -0.15) is 0 Å². The SMILES string of the molecule is Cc1cc(C)cc(C(=O)c2c(C(C)C)c(=O)[nH]c(=O)n2CCCO)c1. The van der Waals surface area contributed by atoms with Gasteiger partial charge in [0.2, 0.25) is 5.78 Å². The van der Waals surface area contributed by atoms with Gasteiger partial charge in [-0.1, -0.05) is 31.0 Å². The average Bonchev–Trinajstić information content (AvgIpc) is 2.51. The van der Waals surface area contributed by atoms with E-state index in [4.69, 9.17) is 5.11 Å². The van der Waals surface area contributed by atoms with Crippen LogP contribution in [0.1, 0.15) is 58.9 Å². The highest BCUT2D eigenvalue weighted by Crippen LogP contribution is 2.20. The van der Waals surface area contributed by atoms with Crippen LogP contribution < -0.4 is 11.2 Å². The van der Waals surface area contributed by atoms with Crippen molar-refractivity contribution in [3.8, 4) is 0 Å². The fourth-order valence-corrected chi connectivity index (χ4v) is 3.05. The Morgan fingerprint density at radius 2 is 1.76 bits per heavy atom. The molecule has 0 unspecified atom stereocenters. The molecular formula is C19H24N2O4. The first-order valence-corrected chi connectivity index (χ1v) is 8.37. The van der Waals surface area contributed by atoms with Gasteiger partial charge in [0, 0.05) is 24.3 Å². The van der Waals surface area contributed by atoms with Gasteiger partial charge in [-0.3, -0.25) is 19.1 Å². The number of aromatic nitrogens is 2. The molecule has 2 rings (SSSR count). The lowest BCUT2D eigenvalue weighted by molar-refractivity contribution is 0.102. The number of ketones is 1. The predicted molar refractivity (Wildman–Crippen MR) is 96.5 cm³/mol. The highest BCUT2D eigenvalue weighted by Gasteiger charge is 2.24. The van der Waals surface area contributed by atoms with Crippen LogP contribution in [0.3, 0.4) is 0 Å². The van der Waals surface area contributed by atoms with E-state index in [0.29, 0.717) is 17.5 Å². The number of nitrogens with one attached hydrogen (secondary N) is 1. The molecule has 0 saturated carbocycles. The normalized spacial score (nSPS) is 11.1. The first-order chi connectivity index (χ1) is 11.8. The second-order valence-corrected chi connectivity index (χ2v) is 6.61. The van der Waals surface area contributed by atoms with Crippen LogP contribution in [-0.4, -0.2) is 27.0 Å². The fraction of sp³-hybridized carbons (Fsp3) is 0.421. The highest BCUT2D eigenvalue weighted by molar-refractivity contribution is 6.09. The van der Waals surface area contributed by atoms with Crippen LogP contribution in [0, 0.1) is 13.8 Å². The molecule has 0 saturated heterocycles. The lowest BCUT2D eigenvalue weighted by Crippen LogP contribution is -2.38. The summed E-state index contributed by atoms with van der Waals surface area (Å²) >= 11 is 0. The first-order valence-electron chi connectivity index (χ1n) is 8.37. The molecule has 6 heteroatoms. The summed E-state index contributed by atoms with van der Waals surface area (Å²) in [7, 11) is 0.